The molecule has 1 aliphatic carbocycles. The largest absolute Gasteiger partial charge is 0.468 e. The summed E-state index contributed by atoms with van der Waals surface area (Å²) in [7, 11) is 0. The van der Waals surface area contributed by atoms with Crippen LogP contribution in [0.2, 0.25) is 0 Å². The minimum Gasteiger partial charge on any atom is -0.468 e. The van der Waals surface area contributed by atoms with Gasteiger partial charge in [-0.1, -0.05) is 19.8 Å². The van der Waals surface area contributed by atoms with E-state index in [0.29, 0.717) is 11.3 Å². The van der Waals surface area contributed by atoms with Gasteiger partial charge >= 0.3 is 0 Å². The Balaban J connectivity index is 1.81. The second-order valence-electron chi connectivity index (χ2n) is 5.06. The fourth-order valence-corrected chi connectivity index (χ4v) is 4.02. The third-order valence-electron chi connectivity index (χ3n) is 3.67. The molecule has 0 aromatic carbocycles. The number of rotatable bonds is 5. The molecule has 1 fully saturated rings. The van der Waals surface area contributed by atoms with Gasteiger partial charge in [0.1, 0.15) is 5.76 Å². The van der Waals surface area contributed by atoms with Crippen molar-refractivity contribution in [1.29, 1.82) is 0 Å². The van der Waals surface area contributed by atoms with Crippen LogP contribution in [-0.2, 0) is 5.75 Å². The van der Waals surface area contributed by atoms with Crippen LogP contribution in [0.3, 0.4) is 0 Å². The summed E-state index contributed by atoms with van der Waals surface area (Å²) < 4.78 is 5.37. The molecule has 17 heavy (non-hydrogen) atoms. The van der Waals surface area contributed by atoms with Crippen molar-refractivity contribution < 1.29 is 4.42 Å². The first-order valence-corrected chi connectivity index (χ1v) is 7.74. The average Bonchev–Trinajstić information content (AvgIpc) is 2.83. The molecule has 1 heterocycles. The van der Waals surface area contributed by atoms with Gasteiger partial charge in [-0.3, -0.25) is 0 Å². The third kappa shape index (κ3) is 3.78. The van der Waals surface area contributed by atoms with Crippen molar-refractivity contribution in [3.63, 3.8) is 0 Å². The van der Waals surface area contributed by atoms with Gasteiger partial charge in [0.25, 0.3) is 0 Å². The summed E-state index contributed by atoms with van der Waals surface area (Å²) in [6.07, 6.45) is 8.23. The maximum absolute atomic E-state index is 6.23. The maximum atomic E-state index is 6.23. The van der Waals surface area contributed by atoms with Gasteiger partial charge in [0.05, 0.1) is 12.0 Å². The monoisotopic (exact) mass is 253 g/mol. The van der Waals surface area contributed by atoms with E-state index in [-0.39, 0.29) is 0 Å². The highest BCUT2D eigenvalue weighted by atomic mass is 32.2. The van der Waals surface area contributed by atoms with Crippen LogP contribution < -0.4 is 5.73 Å². The Morgan fingerprint density at radius 3 is 3.06 bits per heavy atom. The molecule has 0 amide bonds. The van der Waals surface area contributed by atoms with Gasteiger partial charge in [-0.15, -0.1) is 11.8 Å². The Labute approximate surface area is 108 Å². The summed E-state index contributed by atoms with van der Waals surface area (Å²) in [5, 5.41) is 0.616. The Hall–Kier alpha value is -0.410. The van der Waals surface area contributed by atoms with Crippen LogP contribution in [0.25, 0.3) is 0 Å². The van der Waals surface area contributed by atoms with Crippen LogP contribution in [0.4, 0.5) is 0 Å². The predicted octanol–water partition coefficient (Wildman–Crippen LogP) is 3.81. The number of nitrogens with two attached hydrogens (primary N) is 1. The fourth-order valence-electron chi connectivity index (χ4n) is 2.68. The van der Waals surface area contributed by atoms with Gasteiger partial charge in [-0.2, -0.15) is 0 Å². The molecule has 0 radical (unpaired) electrons. The van der Waals surface area contributed by atoms with Crippen molar-refractivity contribution in [2.24, 2.45) is 11.7 Å². The minimum atomic E-state index is 0.378. The van der Waals surface area contributed by atoms with Gasteiger partial charge in [0, 0.05) is 11.3 Å². The van der Waals surface area contributed by atoms with Crippen LogP contribution >= 0.6 is 11.8 Å². The Bertz CT molecular complexity index is 312. The van der Waals surface area contributed by atoms with Gasteiger partial charge in [-0.25, -0.2) is 0 Å². The molecule has 0 spiro atoms. The molecule has 1 aliphatic rings. The van der Waals surface area contributed by atoms with E-state index in [4.69, 9.17) is 10.2 Å². The van der Waals surface area contributed by atoms with E-state index < -0.39 is 0 Å². The SMILES string of the molecule is CCCC1CCC(N)C(SCc2ccco2)C1. The molecule has 0 saturated heterocycles. The summed E-state index contributed by atoms with van der Waals surface area (Å²) in [5.41, 5.74) is 6.23. The van der Waals surface area contributed by atoms with Crippen molar-refractivity contribution in [1.82, 2.24) is 0 Å². The second-order valence-corrected chi connectivity index (χ2v) is 6.29. The molecule has 2 N–H and O–H groups in total. The van der Waals surface area contributed by atoms with Crippen molar-refractivity contribution >= 4 is 11.8 Å². The number of hydrogen-bond donors (Lipinski definition) is 1. The molecule has 0 bridgehead atoms. The zero-order valence-electron chi connectivity index (χ0n) is 10.6. The van der Waals surface area contributed by atoms with E-state index in [1.54, 1.807) is 6.26 Å². The highest BCUT2D eigenvalue weighted by Crippen LogP contribution is 2.35. The molecule has 1 aromatic rings. The van der Waals surface area contributed by atoms with Crippen molar-refractivity contribution in [2.45, 2.75) is 56.1 Å². The van der Waals surface area contributed by atoms with Crippen molar-refractivity contribution in [3.05, 3.63) is 24.2 Å². The van der Waals surface area contributed by atoms with Crippen LogP contribution in [0.5, 0.6) is 0 Å². The lowest BCUT2D eigenvalue weighted by Crippen LogP contribution is -2.38. The zero-order chi connectivity index (χ0) is 12.1. The van der Waals surface area contributed by atoms with E-state index in [2.05, 4.69) is 6.92 Å². The van der Waals surface area contributed by atoms with E-state index in [1.165, 1.54) is 32.1 Å². The first-order valence-electron chi connectivity index (χ1n) is 6.69. The van der Waals surface area contributed by atoms with Crippen LogP contribution in [0, 0.1) is 5.92 Å². The predicted molar refractivity (Wildman–Crippen MR) is 74.0 cm³/mol. The first-order chi connectivity index (χ1) is 8.29. The molecule has 1 aromatic heterocycles. The lowest BCUT2D eigenvalue weighted by molar-refractivity contribution is 0.316. The van der Waals surface area contributed by atoms with Crippen LogP contribution in [0.15, 0.2) is 22.8 Å². The molecule has 1 saturated carbocycles. The molecule has 0 aliphatic heterocycles. The van der Waals surface area contributed by atoms with Gasteiger partial charge in [0.2, 0.25) is 0 Å². The summed E-state index contributed by atoms with van der Waals surface area (Å²) in [6, 6.07) is 4.38. The topological polar surface area (TPSA) is 39.2 Å². The highest BCUT2D eigenvalue weighted by molar-refractivity contribution is 7.99. The highest BCUT2D eigenvalue weighted by Gasteiger charge is 2.28. The van der Waals surface area contributed by atoms with Gasteiger partial charge in [0.15, 0.2) is 0 Å². The van der Waals surface area contributed by atoms with Crippen LogP contribution in [-0.4, -0.2) is 11.3 Å². The third-order valence-corrected chi connectivity index (χ3v) is 5.09. The standard InChI is InChI=1S/C14H23NOS/c1-2-4-11-6-7-13(15)14(9-11)17-10-12-5-3-8-16-12/h3,5,8,11,13-14H,2,4,6-7,9-10,15H2,1H3. The van der Waals surface area contributed by atoms with E-state index in [0.717, 1.165) is 17.4 Å². The quantitative estimate of drug-likeness (QED) is 0.867. The van der Waals surface area contributed by atoms with Crippen LogP contribution in [0.1, 0.15) is 44.8 Å². The summed E-state index contributed by atoms with van der Waals surface area (Å²) in [6.45, 7) is 2.28. The molecular formula is C14H23NOS. The van der Waals surface area contributed by atoms with Crippen molar-refractivity contribution in [2.75, 3.05) is 0 Å². The molecule has 3 atom stereocenters. The first kappa shape index (κ1) is 13.0. The Morgan fingerprint density at radius 1 is 1.47 bits per heavy atom. The Kier molecular flexibility index (Phi) is 4.99. The molecule has 96 valence electrons. The summed E-state index contributed by atoms with van der Waals surface area (Å²) in [4.78, 5) is 0. The normalized spacial score (nSPS) is 29.4. The number of furan rings is 1. The summed E-state index contributed by atoms with van der Waals surface area (Å²) in [5.74, 6) is 2.93. The molecule has 3 heteroatoms. The number of thioether (sulfide) groups is 1. The average molecular weight is 253 g/mol. The van der Waals surface area contributed by atoms with E-state index in [1.807, 2.05) is 23.9 Å². The lowest BCUT2D eigenvalue weighted by atomic mass is 9.83. The van der Waals surface area contributed by atoms with E-state index in [9.17, 15) is 0 Å². The minimum absolute atomic E-state index is 0.378. The molecule has 2 nitrogen and oxygen atoms in total. The molecule has 2 rings (SSSR count). The lowest BCUT2D eigenvalue weighted by Gasteiger charge is -2.33. The fraction of sp³-hybridized carbons (Fsp3) is 0.714. The number of hydrogen-bond acceptors (Lipinski definition) is 3. The molecule has 3 unspecified atom stereocenters. The zero-order valence-corrected chi connectivity index (χ0v) is 11.4. The smallest absolute Gasteiger partial charge is 0.113 e. The second kappa shape index (κ2) is 6.50. The maximum Gasteiger partial charge on any atom is 0.113 e. The van der Waals surface area contributed by atoms with Gasteiger partial charge in [-0.05, 0) is 37.3 Å². The van der Waals surface area contributed by atoms with E-state index >= 15 is 0 Å². The molecular weight excluding hydrogens is 230 g/mol. The Morgan fingerprint density at radius 2 is 2.35 bits per heavy atom. The summed E-state index contributed by atoms with van der Waals surface area (Å²) >= 11 is 1.97. The van der Waals surface area contributed by atoms with Gasteiger partial charge < -0.3 is 10.2 Å². The van der Waals surface area contributed by atoms with Crippen molar-refractivity contribution in [3.8, 4) is 0 Å².